The van der Waals surface area contributed by atoms with Gasteiger partial charge >= 0.3 is 0 Å². The molecule has 0 N–H and O–H groups in total. The minimum absolute atomic E-state index is 0.0239. The Balaban J connectivity index is 0.619. The molecule has 0 amide bonds. The lowest BCUT2D eigenvalue weighted by Gasteiger charge is -2.35. The number of anilines is 6. The molecule has 112 heavy (non-hydrogen) atoms. The van der Waals surface area contributed by atoms with Crippen molar-refractivity contribution < 1.29 is 0 Å². The number of nitrogens with zero attached hydrogens (tertiary/aromatic N) is 2. The van der Waals surface area contributed by atoms with E-state index >= 15 is 0 Å². The summed E-state index contributed by atoms with van der Waals surface area (Å²) in [6.07, 6.45) is 9.05. The Morgan fingerprint density at radius 2 is 0.420 bits per heavy atom. The maximum absolute atomic E-state index is 2.74. The van der Waals surface area contributed by atoms with Crippen LogP contribution in [0.15, 0.2) is 376 Å². The highest BCUT2D eigenvalue weighted by atomic mass is 28.3. The molecule has 15 aromatic rings. The van der Waals surface area contributed by atoms with Crippen LogP contribution in [0.25, 0.3) is 46.6 Å². The van der Waals surface area contributed by atoms with Crippen molar-refractivity contribution in [3.63, 3.8) is 0 Å². The molecule has 0 atom stereocenters. The molecule has 0 fully saturated rings. The molecule has 0 unspecified atom stereocenters. The summed E-state index contributed by atoms with van der Waals surface area (Å²) in [7, 11) is -5.47. The zero-order chi connectivity index (χ0) is 77.0. The summed E-state index contributed by atoms with van der Waals surface area (Å²) in [4.78, 5) is 4.92. The molecule has 2 aliphatic carbocycles. The Morgan fingerprint density at radius 3 is 0.679 bits per heavy atom. The monoisotopic (exact) mass is 1480 g/mol. The number of fused-ring (bicyclic) bond motifs is 6. The second-order valence-electron chi connectivity index (χ2n) is 33.7. The average molecular weight is 1480 g/mol. The summed E-state index contributed by atoms with van der Waals surface area (Å²) in [5, 5.41) is 10.9. The molecule has 0 bridgehead atoms. The predicted molar refractivity (Wildman–Crippen MR) is 486 cm³/mol. The minimum Gasteiger partial charge on any atom is -0.310 e. The van der Waals surface area contributed by atoms with E-state index in [0.29, 0.717) is 0 Å². The smallest absolute Gasteiger partial charge is 0.179 e. The SMILES string of the molecule is CC(C)(C)c1ccc(N(c2ccc([Si](c3ccccc3)(c3ccccc3)c3ccccc3)cc2)c2ccc3c(c2)C(C)(C)c2cc(C=Cc4ccc(C=Cc5ccc6c(c5)C(C)(C)c5cc(N(c7ccc(C(C)(C)C)cc7)c7ccc([Si](c8ccccc8)(c8ccccc8)c8ccccc8)cc7)ccc5-6)cc4)ccc2-3)cc1. The van der Waals surface area contributed by atoms with E-state index in [-0.39, 0.29) is 21.7 Å². The second kappa shape index (κ2) is 29.2. The van der Waals surface area contributed by atoms with Crippen LogP contribution in [-0.2, 0) is 21.7 Å². The van der Waals surface area contributed by atoms with Crippen molar-refractivity contribution in [3.8, 4) is 22.3 Å². The van der Waals surface area contributed by atoms with Gasteiger partial charge in [-0.1, -0.05) is 397 Å². The molecule has 2 nitrogen and oxygen atoms in total. The Kier molecular flexibility index (Phi) is 19.0. The van der Waals surface area contributed by atoms with Gasteiger partial charge in [0.05, 0.1) is 0 Å². The van der Waals surface area contributed by atoms with Crippen LogP contribution in [0.4, 0.5) is 34.1 Å². The van der Waals surface area contributed by atoms with Crippen LogP contribution in [0, 0.1) is 0 Å². The molecule has 2 aliphatic rings. The third kappa shape index (κ3) is 13.2. The molecular weight excluding hydrogens is 1380 g/mol. The Morgan fingerprint density at radius 1 is 0.214 bits per heavy atom. The normalized spacial score (nSPS) is 13.5. The van der Waals surface area contributed by atoms with Crippen LogP contribution in [0.1, 0.15) is 125 Å². The number of hydrogen-bond acceptors (Lipinski definition) is 2. The van der Waals surface area contributed by atoms with E-state index in [1.54, 1.807) is 0 Å². The molecule has 15 aromatic carbocycles. The van der Waals surface area contributed by atoms with Crippen LogP contribution in [0.3, 0.4) is 0 Å². The highest BCUT2D eigenvalue weighted by Crippen LogP contribution is 2.53. The second-order valence-corrected chi connectivity index (χ2v) is 41.3. The molecule has 0 spiro atoms. The summed E-state index contributed by atoms with van der Waals surface area (Å²) in [6, 6.07) is 142. The average Bonchev–Trinajstić information content (AvgIpc) is 1.34. The maximum Gasteiger partial charge on any atom is 0.179 e. The summed E-state index contributed by atoms with van der Waals surface area (Å²) < 4.78 is 0. The first-order valence-electron chi connectivity index (χ1n) is 39.7. The van der Waals surface area contributed by atoms with Crippen molar-refractivity contribution >= 4 is 116 Å². The van der Waals surface area contributed by atoms with E-state index in [1.807, 2.05) is 0 Å². The van der Waals surface area contributed by atoms with E-state index in [1.165, 1.54) is 108 Å². The molecule has 0 saturated heterocycles. The summed E-state index contributed by atoms with van der Waals surface area (Å²) in [6.45, 7) is 23.3. The Bertz CT molecular complexity index is 5370. The quantitative estimate of drug-likeness (QED) is 0.0480. The lowest BCUT2D eigenvalue weighted by atomic mass is 9.81. The fraction of sp³-hybridized carbons (Fsp3) is 0.130. The fourth-order valence-corrected chi connectivity index (χ4v) is 27.5. The van der Waals surface area contributed by atoms with Gasteiger partial charge in [-0.2, -0.15) is 0 Å². The standard InChI is InChI=1S/C108H96N2Si2/c1-105(2,3)81-51-55-83(56-52-81)109(85-59-65-95(66-60-85)111(89-29-17-11-18-30-89,90-31-19-12-20-32-90)91-33-21-13-22-34-91)87-63-71-99-97-69-49-79(73-101(97)107(7,8)103(99)75-87)47-45-77-41-43-78(44-42-77)46-48-80-50-70-98-100-72-64-88(76-104(100)108(9,10)102(98)74-80)110(84-57-53-82(54-58-84)106(4,5)6)86-61-67-96(68-62-86)112(92-35-23-14-24-36-92,93-37-25-15-26-38-93)94-39-27-16-28-40-94/h11-76H,1-10H3. The molecule has 0 radical (unpaired) electrons. The largest absolute Gasteiger partial charge is 0.310 e. The van der Waals surface area contributed by atoms with Crippen molar-refractivity contribution in [1.82, 2.24) is 0 Å². The van der Waals surface area contributed by atoms with E-state index in [0.717, 1.165) is 45.3 Å². The van der Waals surface area contributed by atoms with Crippen LogP contribution in [0.5, 0.6) is 0 Å². The number of rotatable bonds is 18. The van der Waals surface area contributed by atoms with Crippen molar-refractivity contribution in [2.75, 3.05) is 9.80 Å². The maximum atomic E-state index is 2.46. The number of benzene rings is 15. The third-order valence-electron chi connectivity index (χ3n) is 24.1. The Labute approximate surface area is 666 Å². The molecule has 17 rings (SSSR count). The van der Waals surface area contributed by atoms with Crippen molar-refractivity contribution in [1.29, 1.82) is 0 Å². The van der Waals surface area contributed by atoms with Gasteiger partial charge in [0.1, 0.15) is 0 Å². The van der Waals surface area contributed by atoms with Crippen LogP contribution < -0.4 is 51.3 Å². The molecule has 4 heteroatoms. The van der Waals surface area contributed by atoms with E-state index in [4.69, 9.17) is 0 Å². The van der Waals surface area contributed by atoms with Gasteiger partial charge in [-0.05, 0) is 203 Å². The molecule has 546 valence electrons. The fourth-order valence-electron chi connectivity index (χ4n) is 18.0. The molecular formula is C108H96N2Si2. The minimum atomic E-state index is -2.74. The highest BCUT2D eigenvalue weighted by molar-refractivity contribution is 7.20. The van der Waals surface area contributed by atoms with E-state index in [2.05, 4.69) is 479 Å². The summed E-state index contributed by atoms with van der Waals surface area (Å²) in [5.41, 5.74) is 24.2. The van der Waals surface area contributed by atoms with Gasteiger partial charge in [-0.15, -0.1) is 0 Å². The molecule has 0 aliphatic heterocycles. The van der Waals surface area contributed by atoms with Crippen molar-refractivity contribution in [2.24, 2.45) is 0 Å². The first kappa shape index (κ1) is 72.7. The first-order valence-corrected chi connectivity index (χ1v) is 43.7. The van der Waals surface area contributed by atoms with Gasteiger partial charge < -0.3 is 9.80 Å². The molecule has 0 heterocycles. The van der Waals surface area contributed by atoms with Gasteiger partial charge in [-0.3, -0.25) is 0 Å². The van der Waals surface area contributed by atoms with E-state index in [9.17, 15) is 0 Å². The highest BCUT2D eigenvalue weighted by Gasteiger charge is 2.44. The van der Waals surface area contributed by atoms with Crippen molar-refractivity contribution in [3.05, 3.63) is 432 Å². The zero-order valence-electron chi connectivity index (χ0n) is 66.0. The summed E-state index contributed by atoms with van der Waals surface area (Å²) in [5.74, 6) is 0. The zero-order valence-corrected chi connectivity index (χ0v) is 68.0. The third-order valence-corrected chi connectivity index (χ3v) is 33.7. The van der Waals surface area contributed by atoms with Gasteiger partial charge in [-0.25, -0.2) is 0 Å². The number of hydrogen-bond donors (Lipinski definition) is 0. The van der Waals surface area contributed by atoms with Crippen LogP contribution in [0.2, 0.25) is 0 Å². The Hall–Kier alpha value is -12.2. The van der Waals surface area contributed by atoms with Gasteiger partial charge in [0.15, 0.2) is 16.1 Å². The lowest BCUT2D eigenvalue weighted by molar-refractivity contribution is 0.590. The van der Waals surface area contributed by atoms with Gasteiger partial charge in [0.2, 0.25) is 0 Å². The molecule has 0 saturated carbocycles. The van der Waals surface area contributed by atoms with Gasteiger partial charge in [0, 0.05) is 45.0 Å². The van der Waals surface area contributed by atoms with Crippen molar-refractivity contribution in [2.45, 2.75) is 90.9 Å². The van der Waals surface area contributed by atoms with Crippen LogP contribution >= 0.6 is 0 Å². The van der Waals surface area contributed by atoms with Crippen LogP contribution in [-0.4, -0.2) is 16.1 Å². The first-order chi connectivity index (χ1) is 54.3. The van der Waals surface area contributed by atoms with E-state index < -0.39 is 16.1 Å². The summed E-state index contributed by atoms with van der Waals surface area (Å²) >= 11 is 0. The lowest BCUT2D eigenvalue weighted by Crippen LogP contribution is -2.74. The topological polar surface area (TPSA) is 6.48 Å². The molecule has 0 aromatic heterocycles. The van der Waals surface area contributed by atoms with Gasteiger partial charge in [0.25, 0.3) is 0 Å². The predicted octanol–water partition coefficient (Wildman–Crippen LogP) is 22.9.